The molecule has 0 aromatic rings. The van der Waals surface area contributed by atoms with Crippen LogP contribution in [0, 0.1) is 0 Å². The van der Waals surface area contributed by atoms with Crippen LogP contribution in [0.5, 0.6) is 0 Å². The highest BCUT2D eigenvalue weighted by atomic mass is 31.2. The quantitative estimate of drug-likeness (QED) is 0.0237. The summed E-state index contributed by atoms with van der Waals surface area (Å²) in [5, 5.41) is 0. The molecule has 9 heteroatoms. The van der Waals surface area contributed by atoms with Gasteiger partial charge in [-0.3, -0.25) is 13.8 Å². The summed E-state index contributed by atoms with van der Waals surface area (Å²) in [5.74, 6) is -0.333. The molecule has 8 nitrogen and oxygen atoms in total. The van der Waals surface area contributed by atoms with Gasteiger partial charge in [0.1, 0.15) is 19.3 Å². The maximum absolute atomic E-state index is 12.6. The van der Waals surface area contributed by atoms with Crippen LogP contribution in [-0.2, 0) is 27.9 Å². The van der Waals surface area contributed by atoms with Crippen LogP contribution in [0.25, 0.3) is 0 Å². The largest absolute Gasteiger partial charge is 0.472 e. The number of quaternary nitrogens is 1. The molecule has 2 unspecified atom stereocenters. The molecule has 0 rings (SSSR count). The second kappa shape index (κ2) is 32.0. The van der Waals surface area contributed by atoms with Crippen LogP contribution in [0.1, 0.15) is 142 Å². The monoisotopic (exact) mass is 687 g/mol. The fraction of sp³-hybridized carbons (Fsp3) is 0.816. The fourth-order valence-electron chi connectivity index (χ4n) is 4.69. The number of carbonyl (C=O) groups is 1. The molecule has 0 aliphatic carbocycles. The molecule has 0 fully saturated rings. The molecule has 0 bridgehead atoms. The summed E-state index contributed by atoms with van der Waals surface area (Å²) in [6.07, 6.45) is 34.5. The number of nitrogens with zero attached hydrogens (tertiary/aromatic N) is 1. The lowest BCUT2D eigenvalue weighted by molar-refractivity contribution is -0.870. The number of esters is 1. The zero-order valence-corrected chi connectivity index (χ0v) is 31.9. The Kier molecular flexibility index (Phi) is 31.1. The minimum Gasteiger partial charge on any atom is -0.457 e. The number of unbranched alkanes of at least 4 members (excludes halogenated alkanes) is 14. The molecule has 0 aliphatic rings. The van der Waals surface area contributed by atoms with Crippen LogP contribution in [-0.4, -0.2) is 75.6 Å². The summed E-state index contributed by atoms with van der Waals surface area (Å²) in [7, 11) is 1.65. The van der Waals surface area contributed by atoms with E-state index in [1.807, 2.05) is 21.1 Å². The van der Waals surface area contributed by atoms with Crippen LogP contribution < -0.4 is 0 Å². The van der Waals surface area contributed by atoms with Crippen LogP contribution in [0.2, 0.25) is 0 Å². The molecule has 0 saturated carbocycles. The van der Waals surface area contributed by atoms with E-state index in [2.05, 4.69) is 50.3 Å². The van der Waals surface area contributed by atoms with Gasteiger partial charge in [-0.25, -0.2) is 4.57 Å². The molecule has 0 aromatic heterocycles. The Hall–Kier alpha value is -1.28. The number of phosphoric ester groups is 1. The number of ether oxygens (including phenoxy) is 2. The predicted octanol–water partition coefficient (Wildman–Crippen LogP) is 10.3. The number of hydrogen-bond donors (Lipinski definition) is 1. The number of likely N-dealkylation sites (N-methyl/N-ethyl adjacent to an activating group) is 1. The van der Waals surface area contributed by atoms with Crippen LogP contribution >= 0.6 is 7.82 Å². The Morgan fingerprint density at radius 1 is 0.660 bits per heavy atom. The van der Waals surface area contributed by atoms with Gasteiger partial charge in [-0.15, -0.1) is 0 Å². The predicted molar refractivity (Wildman–Crippen MR) is 196 cm³/mol. The molecule has 0 aliphatic heterocycles. The van der Waals surface area contributed by atoms with E-state index >= 15 is 0 Å². The minimum atomic E-state index is -4.27. The summed E-state index contributed by atoms with van der Waals surface area (Å²) in [4.78, 5) is 22.7. The maximum atomic E-state index is 12.6. The van der Waals surface area contributed by atoms with Gasteiger partial charge in [-0.1, -0.05) is 115 Å². The highest BCUT2D eigenvalue weighted by molar-refractivity contribution is 7.47. The van der Waals surface area contributed by atoms with Crippen molar-refractivity contribution >= 4 is 13.8 Å². The third-order valence-electron chi connectivity index (χ3n) is 7.65. The molecular formula is C38H73NO7P+. The van der Waals surface area contributed by atoms with Gasteiger partial charge < -0.3 is 18.9 Å². The zero-order valence-electron chi connectivity index (χ0n) is 31.0. The highest BCUT2D eigenvalue weighted by Crippen LogP contribution is 2.43. The van der Waals surface area contributed by atoms with Gasteiger partial charge in [0.05, 0.1) is 34.4 Å². The van der Waals surface area contributed by atoms with Crippen LogP contribution in [0.15, 0.2) is 36.5 Å². The Morgan fingerprint density at radius 3 is 1.83 bits per heavy atom. The summed E-state index contributed by atoms with van der Waals surface area (Å²) in [6.45, 7) is 5.47. The first-order chi connectivity index (χ1) is 22.6. The lowest BCUT2D eigenvalue weighted by Gasteiger charge is -2.24. The van der Waals surface area contributed by atoms with Crippen molar-refractivity contribution in [3.8, 4) is 0 Å². The first kappa shape index (κ1) is 45.7. The molecule has 0 saturated heterocycles. The molecule has 47 heavy (non-hydrogen) atoms. The second-order valence-electron chi connectivity index (χ2n) is 13.6. The first-order valence-electron chi connectivity index (χ1n) is 18.7. The molecular weight excluding hydrogens is 613 g/mol. The SMILES string of the molecule is CCC/C=C\C/C=C\CCCCCCCC(=O)OC(COCCCCCCCC/C=C\CCCC)COP(=O)(O)OCC[N+](C)(C)C. The highest BCUT2D eigenvalue weighted by Gasteiger charge is 2.26. The van der Waals surface area contributed by atoms with Gasteiger partial charge in [0.2, 0.25) is 0 Å². The van der Waals surface area contributed by atoms with E-state index < -0.39 is 13.9 Å². The van der Waals surface area contributed by atoms with E-state index in [0.29, 0.717) is 24.1 Å². The van der Waals surface area contributed by atoms with E-state index in [0.717, 1.165) is 64.2 Å². The molecule has 0 amide bonds. The van der Waals surface area contributed by atoms with Gasteiger partial charge in [0.25, 0.3) is 0 Å². The molecule has 0 heterocycles. The van der Waals surface area contributed by atoms with Crippen molar-refractivity contribution in [2.45, 2.75) is 148 Å². The number of allylic oxidation sites excluding steroid dienone is 6. The average molecular weight is 687 g/mol. The summed E-state index contributed by atoms with van der Waals surface area (Å²) >= 11 is 0. The van der Waals surface area contributed by atoms with Gasteiger partial charge in [0.15, 0.2) is 0 Å². The standard InChI is InChI=1S/C38H72NO7P/c1-6-8-10-12-14-16-18-20-21-23-25-27-29-31-38(40)46-37(36-45-47(41,42)44-34-32-39(3,4)5)35-43-33-30-28-26-24-22-19-17-15-13-11-9-7-2/h10,12-13,15-16,18,37H,6-9,11,14,17,19-36H2,1-5H3/p+1/b12-10-,15-13-,18-16-. The van der Waals surface area contributed by atoms with Crippen LogP contribution in [0.4, 0.5) is 0 Å². The molecule has 0 radical (unpaired) electrons. The number of carbonyl (C=O) groups excluding carboxylic acids is 1. The molecule has 276 valence electrons. The summed E-state index contributed by atoms with van der Waals surface area (Å²) < 4.78 is 34.8. The maximum Gasteiger partial charge on any atom is 0.472 e. The lowest BCUT2D eigenvalue weighted by atomic mass is 10.1. The van der Waals surface area contributed by atoms with Crippen molar-refractivity contribution in [1.29, 1.82) is 0 Å². The Bertz CT molecular complexity index is 853. The van der Waals surface area contributed by atoms with Crippen molar-refractivity contribution in [2.24, 2.45) is 0 Å². The lowest BCUT2D eigenvalue weighted by Crippen LogP contribution is -2.37. The summed E-state index contributed by atoms with van der Waals surface area (Å²) in [6, 6.07) is 0. The Balaban J connectivity index is 4.35. The first-order valence-corrected chi connectivity index (χ1v) is 20.2. The number of hydrogen-bond acceptors (Lipinski definition) is 6. The summed E-state index contributed by atoms with van der Waals surface area (Å²) in [5.41, 5.74) is 0. The Morgan fingerprint density at radius 2 is 1.21 bits per heavy atom. The molecule has 1 N–H and O–H groups in total. The van der Waals surface area contributed by atoms with Gasteiger partial charge in [0, 0.05) is 13.0 Å². The molecule has 0 aromatic carbocycles. The van der Waals surface area contributed by atoms with E-state index in [1.165, 1.54) is 57.8 Å². The fourth-order valence-corrected chi connectivity index (χ4v) is 5.43. The second-order valence-corrected chi connectivity index (χ2v) is 15.0. The van der Waals surface area contributed by atoms with Crippen LogP contribution in [0.3, 0.4) is 0 Å². The zero-order chi connectivity index (χ0) is 34.9. The van der Waals surface area contributed by atoms with Crippen molar-refractivity contribution in [3.05, 3.63) is 36.5 Å². The third kappa shape index (κ3) is 35.8. The van der Waals surface area contributed by atoms with Gasteiger partial charge >= 0.3 is 13.8 Å². The number of rotatable bonds is 34. The van der Waals surface area contributed by atoms with Crippen molar-refractivity contribution in [3.63, 3.8) is 0 Å². The Labute approximate surface area is 289 Å². The van der Waals surface area contributed by atoms with Crippen molar-refractivity contribution in [1.82, 2.24) is 0 Å². The average Bonchev–Trinajstić information content (AvgIpc) is 3.01. The number of phosphoric acid groups is 1. The van der Waals surface area contributed by atoms with Crippen molar-refractivity contribution in [2.75, 3.05) is 54.1 Å². The van der Waals surface area contributed by atoms with Crippen molar-refractivity contribution < 1.29 is 37.3 Å². The third-order valence-corrected chi connectivity index (χ3v) is 8.64. The topological polar surface area (TPSA) is 91.3 Å². The van der Waals surface area contributed by atoms with E-state index in [9.17, 15) is 14.3 Å². The normalized spacial score (nSPS) is 14.4. The smallest absolute Gasteiger partial charge is 0.457 e. The van der Waals surface area contributed by atoms with Gasteiger partial charge in [-0.2, -0.15) is 0 Å². The van der Waals surface area contributed by atoms with E-state index in [-0.39, 0.29) is 25.8 Å². The van der Waals surface area contributed by atoms with E-state index in [4.69, 9.17) is 18.5 Å². The minimum absolute atomic E-state index is 0.0839. The molecule has 0 spiro atoms. The van der Waals surface area contributed by atoms with Gasteiger partial charge in [-0.05, 0) is 57.8 Å². The van der Waals surface area contributed by atoms with E-state index in [1.54, 1.807) is 0 Å². The molecule has 2 atom stereocenters.